The van der Waals surface area contributed by atoms with E-state index in [4.69, 9.17) is 0 Å². The molecule has 0 radical (unpaired) electrons. The van der Waals surface area contributed by atoms with Crippen molar-refractivity contribution in [2.75, 3.05) is 31.6 Å². The van der Waals surface area contributed by atoms with Gasteiger partial charge in [0.2, 0.25) is 22.9 Å². The number of aromatic nitrogens is 2. The molecule has 164 valence electrons. The predicted octanol–water partition coefficient (Wildman–Crippen LogP) is 2.10. The highest BCUT2D eigenvalue weighted by Gasteiger charge is 2.40. The summed E-state index contributed by atoms with van der Waals surface area (Å²) in [5, 5.41) is 9.35. The molecule has 2 aromatic rings. The highest BCUT2D eigenvalue weighted by Crippen LogP contribution is 2.30. The first-order valence-corrected chi connectivity index (χ1v) is 11.4. The summed E-state index contributed by atoms with van der Waals surface area (Å²) in [6, 6.07) is 9.93. The normalized spacial score (nSPS) is 19.7. The van der Waals surface area contributed by atoms with Gasteiger partial charge in [-0.05, 0) is 25.3 Å². The number of piperidine rings is 1. The lowest BCUT2D eigenvalue weighted by Gasteiger charge is -2.34. The number of rotatable bonds is 5. The molecule has 0 N–H and O–H groups in total. The fourth-order valence-corrected chi connectivity index (χ4v) is 5.02. The number of anilines is 1. The second kappa shape index (κ2) is 9.13. The molecule has 0 saturated carbocycles. The molecule has 1 unspecified atom stereocenters. The van der Waals surface area contributed by atoms with E-state index in [0.29, 0.717) is 44.2 Å². The number of benzene rings is 1. The van der Waals surface area contributed by atoms with Crippen LogP contribution < -0.4 is 4.90 Å². The van der Waals surface area contributed by atoms with E-state index in [9.17, 15) is 14.4 Å². The molecule has 3 heterocycles. The minimum Gasteiger partial charge on any atom is -0.342 e. The number of carbonyl (C=O) groups is 3. The lowest BCUT2D eigenvalue weighted by Crippen LogP contribution is -2.45. The van der Waals surface area contributed by atoms with Crippen molar-refractivity contribution < 1.29 is 14.4 Å². The van der Waals surface area contributed by atoms with Crippen molar-refractivity contribution in [1.29, 1.82) is 0 Å². The summed E-state index contributed by atoms with van der Waals surface area (Å²) in [5.41, 5.74) is 1.10. The van der Waals surface area contributed by atoms with E-state index < -0.39 is 0 Å². The van der Waals surface area contributed by atoms with Crippen LogP contribution in [-0.4, -0.2) is 64.4 Å². The first-order valence-electron chi connectivity index (χ1n) is 10.6. The van der Waals surface area contributed by atoms with Crippen molar-refractivity contribution >= 4 is 34.2 Å². The summed E-state index contributed by atoms with van der Waals surface area (Å²) >= 11 is 1.36. The number of hydrogen-bond donors (Lipinski definition) is 0. The highest BCUT2D eigenvalue weighted by atomic mass is 32.1. The van der Waals surface area contributed by atoms with E-state index in [2.05, 4.69) is 10.2 Å². The van der Waals surface area contributed by atoms with Crippen LogP contribution >= 0.6 is 11.3 Å². The lowest BCUT2D eigenvalue weighted by atomic mass is 9.94. The van der Waals surface area contributed by atoms with Crippen LogP contribution in [0.1, 0.15) is 29.8 Å². The van der Waals surface area contributed by atoms with Gasteiger partial charge in [-0.15, -0.1) is 10.2 Å². The van der Waals surface area contributed by atoms with Gasteiger partial charge in [-0.2, -0.15) is 0 Å². The van der Waals surface area contributed by atoms with Gasteiger partial charge in [0.15, 0.2) is 0 Å². The van der Waals surface area contributed by atoms with Gasteiger partial charge in [-0.1, -0.05) is 41.7 Å². The average Bonchev–Trinajstić information content (AvgIpc) is 3.38. The van der Waals surface area contributed by atoms with Crippen molar-refractivity contribution in [2.24, 2.45) is 11.8 Å². The number of likely N-dealkylation sites (tertiary alicyclic amines) is 1. The van der Waals surface area contributed by atoms with Crippen LogP contribution in [0.3, 0.4) is 0 Å². The minimum absolute atomic E-state index is 0.000580. The first-order chi connectivity index (χ1) is 14.9. The van der Waals surface area contributed by atoms with Gasteiger partial charge in [-0.25, -0.2) is 0 Å². The topological polar surface area (TPSA) is 86.7 Å². The average molecular weight is 442 g/mol. The molecule has 0 bridgehead atoms. The molecule has 1 aromatic carbocycles. The minimum atomic E-state index is -0.357. The van der Waals surface area contributed by atoms with Crippen LogP contribution in [0.15, 0.2) is 30.3 Å². The molecule has 2 aliphatic heterocycles. The Kier molecular flexibility index (Phi) is 6.31. The third-order valence-electron chi connectivity index (χ3n) is 6.02. The second-order valence-corrected chi connectivity index (χ2v) is 9.45. The van der Waals surface area contributed by atoms with Crippen LogP contribution in [0.5, 0.6) is 0 Å². The Morgan fingerprint density at radius 1 is 1.13 bits per heavy atom. The molecule has 1 atom stereocenters. The van der Waals surface area contributed by atoms with Crippen LogP contribution in [0.25, 0.3) is 0 Å². The Bertz CT molecular complexity index is 955. The largest absolute Gasteiger partial charge is 0.342 e. The Labute approximate surface area is 185 Å². The Balaban J connectivity index is 1.29. The molecular formula is C22H27N5O3S. The van der Waals surface area contributed by atoms with Crippen LogP contribution in [-0.2, 0) is 20.9 Å². The molecule has 4 rings (SSSR count). The van der Waals surface area contributed by atoms with Crippen molar-refractivity contribution in [3.63, 3.8) is 0 Å². The van der Waals surface area contributed by atoms with E-state index in [1.165, 1.54) is 11.3 Å². The van der Waals surface area contributed by atoms with Crippen molar-refractivity contribution in [2.45, 2.75) is 32.7 Å². The van der Waals surface area contributed by atoms with E-state index in [0.717, 1.165) is 10.6 Å². The fourth-order valence-electron chi connectivity index (χ4n) is 4.31. The molecule has 2 aliphatic rings. The lowest BCUT2D eigenvalue weighted by molar-refractivity contribution is -0.142. The van der Waals surface area contributed by atoms with Crippen LogP contribution in [0, 0.1) is 18.8 Å². The van der Waals surface area contributed by atoms with Crippen molar-refractivity contribution in [3.8, 4) is 0 Å². The Morgan fingerprint density at radius 2 is 1.84 bits per heavy atom. The molecule has 31 heavy (non-hydrogen) atoms. The Hall–Kier alpha value is -2.81. The van der Waals surface area contributed by atoms with Gasteiger partial charge < -0.3 is 9.80 Å². The third-order valence-corrected chi connectivity index (χ3v) is 6.88. The van der Waals surface area contributed by atoms with Gasteiger partial charge in [0.05, 0.1) is 5.92 Å². The van der Waals surface area contributed by atoms with E-state index in [-0.39, 0.29) is 36.0 Å². The molecule has 0 spiro atoms. The van der Waals surface area contributed by atoms with Crippen molar-refractivity contribution in [3.05, 3.63) is 40.9 Å². The smallest absolute Gasteiger partial charge is 0.229 e. The summed E-state index contributed by atoms with van der Waals surface area (Å²) in [7, 11) is 1.83. The van der Waals surface area contributed by atoms with Gasteiger partial charge in [0.25, 0.3) is 0 Å². The number of amides is 3. The molecule has 0 aliphatic carbocycles. The summed E-state index contributed by atoms with van der Waals surface area (Å²) in [5.74, 6) is -0.374. The van der Waals surface area contributed by atoms with Crippen molar-refractivity contribution in [1.82, 2.24) is 20.0 Å². The summed E-state index contributed by atoms with van der Waals surface area (Å²) in [6.07, 6.45) is 1.52. The standard InChI is InChI=1S/C22H27N5O3S/c1-15-23-24-22(31-15)27-14-18(12-19(27)28)21(30)26-10-8-17(9-11-26)20(29)25(2)13-16-6-4-3-5-7-16/h3-7,17-18H,8-14H2,1-2H3. The zero-order valence-corrected chi connectivity index (χ0v) is 18.7. The maximum Gasteiger partial charge on any atom is 0.229 e. The quantitative estimate of drug-likeness (QED) is 0.709. The SMILES string of the molecule is Cc1nnc(N2CC(C(=O)N3CCC(C(=O)N(C)Cc4ccccc4)CC3)CC2=O)s1. The van der Waals surface area contributed by atoms with E-state index >= 15 is 0 Å². The number of nitrogens with zero attached hydrogens (tertiary/aromatic N) is 5. The molecule has 9 heteroatoms. The van der Waals surface area contributed by atoms with Crippen LogP contribution in [0.2, 0.25) is 0 Å². The van der Waals surface area contributed by atoms with Gasteiger partial charge in [-0.3, -0.25) is 19.3 Å². The molecule has 8 nitrogen and oxygen atoms in total. The molecule has 1 aromatic heterocycles. The highest BCUT2D eigenvalue weighted by molar-refractivity contribution is 7.15. The summed E-state index contributed by atoms with van der Waals surface area (Å²) < 4.78 is 0. The molecular weight excluding hydrogens is 414 g/mol. The summed E-state index contributed by atoms with van der Waals surface area (Å²) in [4.78, 5) is 43.4. The maximum atomic E-state index is 13.0. The first kappa shape index (κ1) is 21.4. The van der Waals surface area contributed by atoms with E-state index in [1.54, 1.807) is 9.80 Å². The Morgan fingerprint density at radius 3 is 2.48 bits per heavy atom. The molecule has 2 saturated heterocycles. The summed E-state index contributed by atoms with van der Waals surface area (Å²) in [6.45, 7) is 3.88. The number of carbonyl (C=O) groups excluding carboxylic acids is 3. The fraction of sp³-hybridized carbons (Fsp3) is 0.500. The van der Waals surface area contributed by atoms with Crippen LogP contribution in [0.4, 0.5) is 5.13 Å². The van der Waals surface area contributed by atoms with Gasteiger partial charge >= 0.3 is 0 Å². The zero-order chi connectivity index (χ0) is 22.0. The zero-order valence-electron chi connectivity index (χ0n) is 17.9. The monoisotopic (exact) mass is 441 g/mol. The number of hydrogen-bond acceptors (Lipinski definition) is 6. The molecule has 2 fully saturated rings. The third kappa shape index (κ3) is 4.76. The number of aryl methyl sites for hydroxylation is 1. The maximum absolute atomic E-state index is 13.0. The van der Waals surface area contributed by atoms with E-state index in [1.807, 2.05) is 49.2 Å². The molecule has 3 amide bonds. The second-order valence-electron chi connectivity index (χ2n) is 8.29. The predicted molar refractivity (Wildman–Crippen MR) is 117 cm³/mol. The van der Waals surface area contributed by atoms with Gasteiger partial charge in [0.1, 0.15) is 5.01 Å². The van der Waals surface area contributed by atoms with Gasteiger partial charge in [0, 0.05) is 45.6 Å².